The van der Waals surface area contributed by atoms with Gasteiger partial charge in [-0.15, -0.1) is 0 Å². The quantitative estimate of drug-likeness (QED) is 0.327. The van der Waals surface area contributed by atoms with E-state index in [-0.39, 0.29) is 65.2 Å². The number of hydrogen-bond acceptors (Lipinski definition) is 5. The highest BCUT2D eigenvalue weighted by molar-refractivity contribution is 6.34. The van der Waals surface area contributed by atoms with Crippen LogP contribution in [0.3, 0.4) is 0 Å². The molecular weight excluding hydrogens is 603 g/mol. The maximum atomic E-state index is 15.2. The molecule has 3 unspecified atom stereocenters. The van der Waals surface area contributed by atoms with Crippen LogP contribution in [0.15, 0.2) is 30.3 Å². The van der Waals surface area contributed by atoms with Gasteiger partial charge in [0.15, 0.2) is 6.04 Å². The van der Waals surface area contributed by atoms with E-state index in [2.05, 4.69) is 0 Å². The van der Waals surface area contributed by atoms with Crippen LogP contribution < -0.4 is 4.74 Å². The number of likely N-dealkylation sites (tertiary alicyclic amines) is 1. The lowest BCUT2D eigenvalue weighted by Crippen LogP contribution is -2.44. The summed E-state index contributed by atoms with van der Waals surface area (Å²) < 4.78 is 68.9. The topological polar surface area (TPSA) is 79.3 Å². The fourth-order valence-electron chi connectivity index (χ4n) is 5.80. The van der Waals surface area contributed by atoms with Gasteiger partial charge in [0.25, 0.3) is 5.91 Å². The van der Waals surface area contributed by atoms with E-state index in [1.807, 2.05) is 0 Å². The van der Waals surface area contributed by atoms with Crippen LogP contribution in [0.5, 0.6) is 5.75 Å². The van der Waals surface area contributed by atoms with Crippen LogP contribution in [0, 0.1) is 11.7 Å². The summed E-state index contributed by atoms with van der Waals surface area (Å²) >= 11 is 12.0. The molecule has 2 aromatic carbocycles. The number of carboxylic acid groups (broad SMARTS) is 1. The van der Waals surface area contributed by atoms with Crippen LogP contribution >= 0.6 is 23.2 Å². The molecule has 2 heterocycles. The maximum absolute atomic E-state index is 15.2. The smallest absolute Gasteiger partial charge is 0.408 e. The minimum Gasteiger partial charge on any atom is -0.493 e. The Labute approximate surface area is 250 Å². The molecule has 0 spiro atoms. The van der Waals surface area contributed by atoms with Gasteiger partial charge in [0, 0.05) is 16.1 Å². The molecule has 2 aliphatic heterocycles. The molecule has 0 radical (unpaired) electrons. The molecule has 42 heavy (non-hydrogen) atoms. The number of aliphatic carboxylic acids is 1. The van der Waals surface area contributed by atoms with Crippen molar-refractivity contribution in [2.45, 2.75) is 62.9 Å². The van der Waals surface area contributed by atoms with Crippen LogP contribution in [-0.2, 0) is 9.53 Å². The standard InChI is InChI=1S/C29H30Cl2F4N2O5/c1-15-25(28(39)40)37(14-42-15)27(38)22-11-21(17-2-3-17)24(12-23(22)32)41-13-16-4-6-36(7-5-16)26(29(33,34)35)18-8-19(30)10-20(31)9-18/h8-12,15-17,25-26H,2-7,13-14H2,1H3,(H,39,40). The minimum atomic E-state index is -4.53. The summed E-state index contributed by atoms with van der Waals surface area (Å²) in [5.41, 5.74) is 0.395. The summed E-state index contributed by atoms with van der Waals surface area (Å²) in [4.78, 5) is 27.2. The van der Waals surface area contributed by atoms with E-state index < -0.39 is 42.1 Å². The number of piperidine rings is 1. The first kappa shape index (κ1) is 30.8. The number of alkyl halides is 3. The van der Waals surface area contributed by atoms with Gasteiger partial charge in [-0.3, -0.25) is 14.6 Å². The number of benzene rings is 2. The van der Waals surface area contributed by atoms with Crippen LogP contribution in [0.2, 0.25) is 10.0 Å². The number of carbonyl (C=O) groups is 2. The molecule has 1 saturated carbocycles. The van der Waals surface area contributed by atoms with Gasteiger partial charge in [-0.25, -0.2) is 9.18 Å². The summed E-state index contributed by atoms with van der Waals surface area (Å²) in [6.07, 6.45) is -2.73. The lowest BCUT2D eigenvalue weighted by molar-refractivity contribution is -0.190. The van der Waals surface area contributed by atoms with E-state index in [1.165, 1.54) is 36.1 Å². The zero-order valence-electron chi connectivity index (χ0n) is 22.7. The largest absolute Gasteiger partial charge is 0.493 e. The van der Waals surface area contributed by atoms with Crippen molar-refractivity contribution in [2.24, 2.45) is 5.92 Å². The van der Waals surface area contributed by atoms with Crippen molar-refractivity contribution in [3.8, 4) is 5.75 Å². The Morgan fingerprint density at radius 3 is 2.29 bits per heavy atom. The molecule has 2 aromatic rings. The van der Waals surface area contributed by atoms with Gasteiger partial charge in [-0.05, 0) is 92.9 Å². The summed E-state index contributed by atoms with van der Waals surface area (Å²) in [5.74, 6) is -2.54. The first-order valence-corrected chi connectivity index (χ1v) is 14.5. The van der Waals surface area contributed by atoms with Crippen molar-refractivity contribution in [3.63, 3.8) is 0 Å². The van der Waals surface area contributed by atoms with Crippen LogP contribution in [0.4, 0.5) is 17.6 Å². The number of amides is 1. The van der Waals surface area contributed by atoms with Crippen LogP contribution in [0.25, 0.3) is 0 Å². The summed E-state index contributed by atoms with van der Waals surface area (Å²) in [7, 11) is 0. The van der Waals surface area contributed by atoms with Gasteiger partial charge >= 0.3 is 12.1 Å². The fourth-order valence-corrected chi connectivity index (χ4v) is 6.34. The SMILES string of the molecule is CC1OCN(C(=O)c2cc(C3CC3)c(OCC3CCN(C(c4cc(Cl)cc(Cl)c4)C(F)(F)F)CC3)cc2F)C1C(=O)O. The van der Waals surface area contributed by atoms with Gasteiger partial charge < -0.3 is 14.6 Å². The number of hydrogen-bond donors (Lipinski definition) is 1. The van der Waals surface area contributed by atoms with Gasteiger partial charge in [0.2, 0.25) is 0 Å². The lowest BCUT2D eigenvalue weighted by Gasteiger charge is -2.38. The predicted molar refractivity (Wildman–Crippen MR) is 146 cm³/mol. The Hall–Kier alpha value is -2.60. The molecule has 0 aromatic heterocycles. The number of rotatable bonds is 8. The van der Waals surface area contributed by atoms with Crippen molar-refractivity contribution in [3.05, 3.63) is 62.9 Å². The monoisotopic (exact) mass is 632 g/mol. The highest BCUT2D eigenvalue weighted by Crippen LogP contribution is 2.46. The van der Waals surface area contributed by atoms with E-state index in [9.17, 15) is 27.9 Å². The third kappa shape index (κ3) is 6.64. The Balaban J connectivity index is 1.26. The molecule has 1 amide bonds. The molecule has 3 aliphatic rings. The normalized spacial score (nSPS) is 22.8. The summed E-state index contributed by atoms with van der Waals surface area (Å²) in [6.45, 7) is 1.79. The van der Waals surface area contributed by atoms with Crippen molar-refractivity contribution in [2.75, 3.05) is 26.4 Å². The van der Waals surface area contributed by atoms with E-state index in [4.69, 9.17) is 32.7 Å². The molecule has 1 N–H and O–H groups in total. The number of carboxylic acids is 1. The first-order valence-electron chi connectivity index (χ1n) is 13.7. The molecule has 0 bridgehead atoms. The molecule has 2 saturated heterocycles. The molecule has 3 fully saturated rings. The molecule has 228 valence electrons. The molecule has 1 aliphatic carbocycles. The van der Waals surface area contributed by atoms with Gasteiger partial charge in [0.1, 0.15) is 24.3 Å². The third-order valence-corrected chi connectivity index (χ3v) is 8.55. The third-order valence-electron chi connectivity index (χ3n) is 8.12. The average Bonchev–Trinajstić information content (AvgIpc) is 3.67. The molecule has 7 nitrogen and oxygen atoms in total. The van der Waals surface area contributed by atoms with Crippen molar-refractivity contribution in [1.82, 2.24) is 9.80 Å². The number of nitrogens with zero attached hydrogens (tertiary/aromatic N) is 2. The van der Waals surface area contributed by atoms with Gasteiger partial charge in [-0.2, -0.15) is 13.2 Å². The summed E-state index contributed by atoms with van der Waals surface area (Å²) in [6, 6.07) is 3.45. The Kier molecular flexibility index (Phi) is 8.95. The summed E-state index contributed by atoms with van der Waals surface area (Å²) in [5, 5.41) is 9.78. The Bertz CT molecular complexity index is 1330. The second-order valence-electron chi connectivity index (χ2n) is 11.1. The van der Waals surface area contributed by atoms with E-state index >= 15 is 4.39 Å². The highest BCUT2D eigenvalue weighted by Gasteiger charge is 2.46. The first-order chi connectivity index (χ1) is 19.8. The second kappa shape index (κ2) is 12.2. The lowest BCUT2D eigenvalue weighted by atomic mass is 9.94. The average molecular weight is 633 g/mol. The van der Waals surface area contributed by atoms with Gasteiger partial charge in [-0.1, -0.05) is 23.2 Å². The fraction of sp³-hybridized carbons (Fsp3) is 0.517. The van der Waals surface area contributed by atoms with Gasteiger partial charge in [0.05, 0.1) is 18.3 Å². The Morgan fingerprint density at radius 2 is 1.71 bits per heavy atom. The van der Waals surface area contributed by atoms with E-state index in [1.54, 1.807) is 0 Å². The zero-order chi connectivity index (χ0) is 30.3. The van der Waals surface area contributed by atoms with Crippen molar-refractivity contribution >= 4 is 35.1 Å². The van der Waals surface area contributed by atoms with Crippen molar-refractivity contribution in [1.29, 1.82) is 0 Å². The van der Waals surface area contributed by atoms with E-state index in [0.717, 1.165) is 23.8 Å². The highest BCUT2D eigenvalue weighted by atomic mass is 35.5. The molecular formula is C29H30Cl2F4N2O5. The van der Waals surface area contributed by atoms with Crippen LogP contribution in [-0.4, -0.2) is 71.5 Å². The number of halogens is 6. The molecule has 13 heteroatoms. The minimum absolute atomic E-state index is 0.0153. The zero-order valence-corrected chi connectivity index (χ0v) is 24.2. The molecule has 5 rings (SSSR count). The van der Waals surface area contributed by atoms with Crippen LogP contribution in [0.1, 0.15) is 66.1 Å². The number of ether oxygens (including phenoxy) is 2. The maximum Gasteiger partial charge on any atom is 0.408 e. The number of carbonyl (C=O) groups excluding carboxylic acids is 1. The predicted octanol–water partition coefficient (Wildman–Crippen LogP) is 6.68. The van der Waals surface area contributed by atoms with E-state index in [0.29, 0.717) is 18.4 Å². The van der Waals surface area contributed by atoms with Crippen molar-refractivity contribution < 1.29 is 41.7 Å². The Morgan fingerprint density at radius 1 is 1.07 bits per heavy atom. The molecule has 3 atom stereocenters. The second-order valence-corrected chi connectivity index (χ2v) is 12.0.